The highest BCUT2D eigenvalue weighted by Gasteiger charge is 2.40. The zero-order valence-electron chi connectivity index (χ0n) is 10.8. The van der Waals surface area contributed by atoms with E-state index in [1.165, 1.54) is 20.9 Å². The Hall–Kier alpha value is -1.01. The highest BCUT2D eigenvalue weighted by Crippen LogP contribution is 2.33. The molecule has 0 aliphatic rings. The molecule has 1 unspecified atom stereocenters. The molecule has 1 atom stereocenters. The number of sulfone groups is 1. The first-order valence-corrected chi connectivity index (χ1v) is 7.32. The van der Waals surface area contributed by atoms with Crippen molar-refractivity contribution in [2.24, 2.45) is 0 Å². The molecule has 102 valence electrons. The van der Waals surface area contributed by atoms with Gasteiger partial charge in [-0.3, -0.25) is 0 Å². The summed E-state index contributed by atoms with van der Waals surface area (Å²) in [5.41, 5.74) is 0.00734. The van der Waals surface area contributed by atoms with Gasteiger partial charge in [0.15, 0.2) is 9.84 Å². The molecule has 0 aliphatic heterocycles. The predicted octanol–water partition coefficient (Wildman–Crippen LogP) is 2.05. The largest absolute Gasteiger partial charge is 0.312 e. The van der Waals surface area contributed by atoms with E-state index in [-0.39, 0.29) is 5.56 Å². The first-order chi connectivity index (χ1) is 8.11. The van der Waals surface area contributed by atoms with E-state index in [1.807, 2.05) is 0 Å². The number of nitrogens with one attached hydrogen (secondary N) is 1. The molecule has 0 aliphatic carbocycles. The lowest BCUT2D eigenvalue weighted by atomic mass is 9.94. The summed E-state index contributed by atoms with van der Waals surface area (Å²) >= 11 is 0. The third-order valence-corrected chi connectivity index (χ3v) is 5.36. The SMILES string of the molecule is CNC(c1cc(F)ccc1F)C(C)(C)S(C)(=O)=O. The van der Waals surface area contributed by atoms with E-state index in [1.54, 1.807) is 0 Å². The van der Waals surface area contributed by atoms with Gasteiger partial charge < -0.3 is 5.32 Å². The molecule has 0 bridgehead atoms. The smallest absolute Gasteiger partial charge is 0.154 e. The molecular weight excluding hydrogens is 260 g/mol. The molecule has 18 heavy (non-hydrogen) atoms. The monoisotopic (exact) mass is 277 g/mol. The highest BCUT2D eigenvalue weighted by molar-refractivity contribution is 7.92. The Balaban J connectivity index is 3.39. The van der Waals surface area contributed by atoms with E-state index in [9.17, 15) is 17.2 Å². The lowest BCUT2D eigenvalue weighted by Crippen LogP contribution is -2.44. The number of benzene rings is 1. The van der Waals surface area contributed by atoms with E-state index in [0.717, 1.165) is 24.5 Å². The van der Waals surface area contributed by atoms with E-state index in [0.29, 0.717) is 0 Å². The maximum Gasteiger partial charge on any atom is 0.154 e. The predicted molar refractivity (Wildman–Crippen MR) is 67.1 cm³/mol. The van der Waals surface area contributed by atoms with Crippen molar-refractivity contribution < 1.29 is 17.2 Å². The molecule has 1 N–H and O–H groups in total. The lowest BCUT2D eigenvalue weighted by Gasteiger charge is -2.33. The topological polar surface area (TPSA) is 46.2 Å². The fourth-order valence-electron chi connectivity index (χ4n) is 1.83. The van der Waals surface area contributed by atoms with Gasteiger partial charge in [0.05, 0.1) is 10.8 Å². The van der Waals surface area contributed by atoms with E-state index >= 15 is 0 Å². The average Bonchev–Trinajstić information content (AvgIpc) is 2.22. The Morgan fingerprint density at radius 3 is 2.28 bits per heavy atom. The minimum atomic E-state index is -3.44. The second kappa shape index (κ2) is 4.93. The van der Waals surface area contributed by atoms with Crippen LogP contribution in [0, 0.1) is 11.6 Å². The summed E-state index contributed by atoms with van der Waals surface area (Å²) in [6.07, 6.45) is 1.08. The third kappa shape index (κ3) is 2.70. The van der Waals surface area contributed by atoms with Gasteiger partial charge in [-0.2, -0.15) is 0 Å². The zero-order chi connectivity index (χ0) is 14.1. The van der Waals surface area contributed by atoms with E-state index < -0.39 is 32.3 Å². The Morgan fingerprint density at radius 1 is 1.28 bits per heavy atom. The van der Waals surface area contributed by atoms with Crippen molar-refractivity contribution in [2.45, 2.75) is 24.6 Å². The van der Waals surface area contributed by atoms with E-state index in [2.05, 4.69) is 5.32 Å². The van der Waals surface area contributed by atoms with Gasteiger partial charge in [-0.25, -0.2) is 17.2 Å². The Labute approximate surface area is 106 Å². The van der Waals surface area contributed by atoms with Crippen LogP contribution in [-0.2, 0) is 9.84 Å². The van der Waals surface area contributed by atoms with Gasteiger partial charge in [0.25, 0.3) is 0 Å². The second-order valence-electron chi connectivity index (χ2n) is 4.76. The second-order valence-corrected chi connectivity index (χ2v) is 7.36. The van der Waals surface area contributed by atoms with Crippen molar-refractivity contribution in [2.75, 3.05) is 13.3 Å². The molecule has 0 amide bonds. The Bertz CT molecular complexity index is 541. The molecule has 0 saturated heterocycles. The number of halogens is 2. The van der Waals surface area contributed by atoms with Gasteiger partial charge >= 0.3 is 0 Å². The third-order valence-electron chi connectivity index (χ3n) is 3.21. The molecule has 0 radical (unpaired) electrons. The summed E-state index contributed by atoms with van der Waals surface area (Å²) in [5, 5.41) is 2.75. The zero-order valence-corrected chi connectivity index (χ0v) is 11.6. The lowest BCUT2D eigenvalue weighted by molar-refractivity contribution is 0.427. The van der Waals surface area contributed by atoms with Gasteiger partial charge in [-0.05, 0) is 39.1 Å². The van der Waals surface area contributed by atoms with Crippen LogP contribution in [0.1, 0.15) is 25.5 Å². The fraction of sp³-hybridized carbons (Fsp3) is 0.500. The Morgan fingerprint density at radius 2 is 1.83 bits per heavy atom. The molecular formula is C12H17F2NO2S. The first kappa shape index (κ1) is 15.0. The molecule has 1 aromatic carbocycles. The molecule has 3 nitrogen and oxygen atoms in total. The van der Waals surface area contributed by atoms with Crippen LogP contribution in [0.2, 0.25) is 0 Å². The molecule has 1 aromatic rings. The summed E-state index contributed by atoms with van der Waals surface area (Å²) in [6.45, 7) is 2.96. The molecule has 0 fully saturated rings. The van der Waals surface area contributed by atoms with Crippen molar-refractivity contribution in [3.8, 4) is 0 Å². The van der Waals surface area contributed by atoms with Gasteiger partial charge in [0, 0.05) is 11.8 Å². The average molecular weight is 277 g/mol. The standard InChI is InChI=1S/C12H17F2NO2S/c1-12(2,18(4,16)17)11(15-3)9-7-8(13)5-6-10(9)14/h5-7,11,15H,1-4H3. The molecule has 0 saturated carbocycles. The van der Waals surface area contributed by atoms with Crippen LogP contribution in [0.15, 0.2) is 18.2 Å². The minimum absolute atomic E-state index is 0.00734. The number of rotatable bonds is 4. The van der Waals surface area contributed by atoms with Crippen molar-refractivity contribution in [3.05, 3.63) is 35.4 Å². The van der Waals surface area contributed by atoms with Gasteiger partial charge in [-0.15, -0.1) is 0 Å². The number of hydrogen-bond acceptors (Lipinski definition) is 3. The summed E-state index contributed by atoms with van der Waals surface area (Å²) in [7, 11) is -1.93. The molecule has 6 heteroatoms. The van der Waals surface area contributed by atoms with Crippen LogP contribution in [0.3, 0.4) is 0 Å². The summed E-state index contributed by atoms with van der Waals surface area (Å²) in [6, 6.07) is 2.18. The van der Waals surface area contributed by atoms with Crippen molar-refractivity contribution in [3.63, 3.8) is 0 Å². The summed E-state index contributed by atoms with van der Waals surface area (Å²) in [5.74, 6) is -1.23. The Kier molecular flexibility index (Phi) is 4.12. The minimum Gasteiger partial charge on any atom is -0.312 e. The molecule has 0 aromatic heterocycles. The van der Waals surface area contributed by atoms with Gasteiger partial charge in [0.2, 0.25) is 0 Å². The van der Waals surface area contributed by atoms with Crippen LogP contribution in [0.25, 0.3) is 0 Å². The molecule has 0 spiro atoms. The summed E-state index contributed by atoms with van der Waals surface area (Å²) in [4.78, 5) is 0. The maximum absolute atomic E-state index is 13.7. The number of hydrogen-bond donors (Lipinski definition) is 1. The van der Waals surface area contributed by atoms with Crippen LogP contribution in [0.5, 0.6) is 0 Å². The first-order valence-electron chi connectivity index (χ1n) is 5.43. The van der Waals surface area contributed by atoms with Gasteiger partial charge in [-0.1, -0.05) is 0 Å². The van der Waals surface area contributed by atoms with Crippen molar-refractivity contribution >= 4 is 9.84 Å². The maximum atomic E-state index is 13.7. The fourth-order valence-corrected chi connectivity index (χ4v) is 2.50. The normalized spacial score (nSPS) is 14.6. The van der Waals surface area contributed by atoms with Gasteiger partial charge in [0.1, 0.15) is 11.6 Å². The van der Waals surface area contributed by atoms with Crippen LogP contribution < -0.4 is 5.32 Å². The van der Waals surface area contributed by atoms with Crippen molar-refractivity contribution in [1.29, 1.82) is 0 Å². The quantitative estimate of drug-likeness (QED) is 0.916. The highest BCUT2D eigenvalue weighted by atomic mass is 32.2. The molecule has 1 rings (SSSR count). The van der Waals surface area contributed by atoms with Crippen LogP contribution in [0.4, 0.5) is 8.78 Å². The van der Waals surface area contributed by atoms with Crippen molar-refractivity contribution in [1.82, 2.24) is 5.32 Å². The molecule has 0 heterocycles. The van der Waals surface area contributed by atoms with Crippen LogP contribution in [-0.4, -0.2) is 26.5 Å². The van der Waals surface area contributed by atoms with E-state index in [4.69, 9.17) is 0 Å². The van der Waals surface area contributed by atoms with Crippen LogP contribution >= 0.6 is 0 Å². The summed E-state index contributed by atoms with van der Waals surface area (Å²) < 4.78 is 49.2.